The molecule has 2 heterocycles. The third-order valence-corrected chi connectivity index (χ3v) is 3.23. The zero-order valence-corrected chi connectivity index (χ0v) is 10.9. The molecule has 0 aliphatic carbocycles. The number of methoxy groups -OCH3 is 1. The van der Waals surface area contributed by atoms with Crippen molar-refractivity contribution in [3.63, 3.8) is 0 Å². The Morgan fingerprint density at radius 1 is 1.25 bits per heavy atom. The average molecular weight is 267 g/mol. The van der Waals surface area contributed by atoms with Crippen LogP contribution in [0.5, 0.6) is 5.75 Å². The number of rotatable bonds is 2. The lowest BCUT2D eigenvalue weighted by Crippen LogP contribution is -2.26. The molecule has 5 heteroatoms. The van der Waals surface area contributed by atoms with Crippen LogP contribution in [0.15, 0.2) is 53.6 Å². The lowest BCUT2D eigenvalue weighted by Gasteiger charge is -2.10. The smallest absolute Gasteiger partial charge is 0.269 e. The van der Waals surface area contributed by atoms with E-state index < -0.39 is 0 Å². The Bertz CT molecular complexity index is 840. The summed E-state index contributed by atoms with van der Waals surface area (Å²) in [6.45, 7) is 0. The molecule has 2 N–H and O–H groups in total. The van der Waals surface area contributed by atoms with Crippen LogP contribution in [0.3, 0.4) is 0 Å². The van der Waals surface area contributed by atoms with Gasteiger partial charge in [-0.2, -0.15) is 0 Å². The molecular formula is C15H13N3O2. The van der Waals surface area contributed by atoms with Crippen molar-refractivity contribution in [1.29, 1.82) is 0 Å². The summed E-state index contributed by atoms with van der Waals surface area (Å²) in [6, 6.07) is 10.8. The van der Waals surface area contributed by atoms with Crippen molar-refractivity contribution in [1.82, 2.24) is 9.66 Å². The quantitative estimate of drug-likeness (QED) is 0.719. The van der Waals surface area contributed by atoms with E-state index in [2.05, 4.69) is 4.98 Å². The molecule has 5 nitrogen and oxygen atoms in total. The van der Waals surface area contributed by atoms with Crippen LogP contribution in [0, 0.1) is 0 Å². The lowest BCUT2D eigenvalue weighted by atomic mass is 10.0. The van der Waals surface area contributed by atoms with Gasteiger partial charge in [-0.1, -0.05) is 12.1 Å². The molecule has 0 aliphatic rings. The third kappa shape index (κ3) is 1.89. The topological polar surface area (TPSA) is 70.1 Å². The Morgan fingerprint density at radius 3 is 2.90 bits per heavy atom. The average Bonchev–Trinajstić information content (AvgIpc) is 2.51. The second-order valence-corrected chi connectivity index (χ2v) is 4.39. The fourth-order valence-electron chi connectivity index (χ4n) is 2.22. The molecule has 0 unspecified atom stereocenters. The second-order valence-electron chi connectivity index (χ2n) is 4.39. The van der Waals surface area contributed by atoms with Gasteiger partial charge in [0.1, 0.15) is 5.75 Å². The molecular weight excluding hydrogens is 254 g/mol. The lowest BCUT2D eigenvalue weighted by molar-refractivity contribution is 0.415. The molecule has 3 aromatic rings. The number of hydrogen-bond acceptors (Lipinski definition) is 4. The molecule has 0 saturated carbocycles. The van der Waals surface area contributed by atoms with Crippen LogP contribution in [0.25, 0.3) is 22.0 Å². The molecule has 20 heavy (non-hydrogen) atoms. The van der Waals surface area contributed by atoms with Crippen molar-refractivity contribution in [3.05, 3.63) is 59.1 Å². The maximum absolute atomic E-state index is 12.0. The minimum Gasteiger partial charge on any atom is -0.497 e. The SMILES string of the molecule is COc1cccc(-c2cc(=O)n(N)c3ccncc23)c1. The van der Waals surface area contributed by atoms with Gasteiger partial charge in [0.2, 0.25) is 0 Å². The maximum atomic E-state index is 12.0. The Morgan fingerprint density at radius 2 is 2.10 bits per heavy atom. The van der Waals surface area contributed by atoms with Gasteiger partial charge in [-0.25, -0.2) is 4.68 Å². The number of aromatic nitrogens is 2. The van der Waals surface area contributed by atoms with Crippen molar-refractivity contribution >= 4 is 10.9 Å². The van der Waals surface area contributed by atoms with Gasteiger partial charge in [0.05, 0.1) is 12.6 Å². The molecule has 0 bridgehead atoms. The van der Waals surface area contributed by atoms with Crippen LogP contribution in [0.1, 0.15) is 0 Å². The highest BCUT2D eigenvalue weighted by Gasteiger charge is 2.09. The number of benzene rings is 1. The van der Waals surface area contributed by atoms with Crippen molar-refractivity contribution in [3.8, 4) is 16.9 Å². The van der Waals surface area contributed by atoms with E-state index in [4.69, 9.17) is 10.6 Å². The van der Waals surface area contributed by atoms with E-state index >= 15 is 0 Å². The zero-order valence-electron chi connectivity index (χ0n) is 10.9. The van der Waals surface area contributed by atoms with Gasteiger partial charge in [0.15, 0.2) is 0 Å². The minimum absolute atomic E-state index is 0.262. The summed E-state index contributed by atoms with van der Waals surface area (Å²) >= 11 is 0. The van der Waals surface area contributed by atoms with Gasteiger partial charge in [0, 0.05) is 23.8 Å². The van der Waals surface area contributed by atoms with Gasteiger partial charge in [0.25, 0.3) is 5.56 Å². The van der Waals surface area contributed by atoms with Gasteiger partial charge in [-0.15, -0.1) is 0 Å². The predicted molar refractivity (Wildman–Crippen MR) is 78.1 cm³/mol. The van der Waals surface area contributed by atoms with E-state index in [1.165, 1.54) is 6.07 Å². The largest absolute Gasteiger partial charge is 0.497 e. The first kappa shape index (κ1) is 12.2. The van der Waals surface area contributed by atoms with E-state index in [1.807, 2.05) is 24.3 Å². The summed E-state index contributed by atoms with van der Waals surface area (Å²) < 4.78 is 6.34. The molecule has 0 radical (unpaired) electrons. The van der Waals surface area contributed by atoms with Crippen LogP contribution in [-0.2, 0) is 0 Å². The van der Waals surface area contributed by atoms with Crippen LogP contribution in [-0.4, -0.2) is 16.8 Å². The summed E-state index contributed by atoms with van der Waals surface area (Å²) in [7, 11) is 1.61. The summed E-state index contributed by atoms with van der Waals surface area (Å²) in [5.41, 5.74) is 2.06. The molecule has 0 atom stereocenters. The standard InChI is InChI=1S/C15H13N3O2/c1-20-11-4-2-3-10(7-11)12-8-15(19)18(16)14-5-6-17-9-13(12)14/h2-9H,16H2,1H3. The number of nitrogens with two attached hydrogens (primary N) is 1. The highest BCUT2D eigenvalue weighted by molar-refractivity contribution is 5.94. The number of nitrogen functional groups attached to an aromatic ring is 1. The second kappa shape index (κ2) is 4.70. The molecule has 1 aromatic carbocycles. The number of fused-ring (bicyclic) bond motifs is 1. The van der Waals surface area contributed by atoms with E-state index in [0.717, 1.165) is 26.9 Å². The summed E-state index contributed by atoms with van der Waals surface area (Å²) in [6.07, 6.45) is 3.31. The maximum Gasteiger partial charge on any atom is 0.269 e. The van der Waals surface area contributed by atoms with Gasteiger partial charge < -0.3 is 10.6 Å². The number of ether oxygens (including phenoxy) is 1. The highest BCUT2D eigenvalue weighted by atomic mass is 16.5. The van der Waals surface area contributed by atoms with Crippen LogP contribution in [0.4, 0.5) is 0 Å². The zero-order chi connectivity index (χ0) is 14.1. The monoisotopic (exact) mass is 267 g/mol. The number of nitrogens with zero attached hydrogens (tertiary/aromatic N) is 2. The summed E-state index contributed by atoms with van der Waals surface area (Å²) in [5, 5.41) is 0.822. The van der Waals surface area contributed by atoms with E-state index in [9.17, 15) is 4.79 Å². The molecule has 0 amide bonds. The van der Waals surface area contributed by atoms with Crippen molar-refractivity contribution in [2.45, 2.75) is 0 Å². The Kier molecular flexibility index (Phi) is 2.87. The number of hydrogen-bond donors (Lipinski definition) is 1. The first-order valence-corrected chi connectivity index (χ1v) is 6.10. The van der Waals surface area contributed by atoms with Gasteiger partial charge in [-0.3, -0.25) is 9.78 Å². The molecule has 0 spiro atoms. The predicted octanol–water partition coefficient (Wildman–Crippen LogP) is 1.79. The fourth-order valence-corrected chi connectivity index (χ4v) is 2.22. The van der Waals surface area contributed by atoms with Crippen LogP contribution < -0.4 is 16.1 Å². The van der Waals surface area contributed by atoms with Gasteiger partial charge in [-0.05, 0) is 29.3 Å². The van der Waals surface area contributed by atoms with E-state index in [1.54, 1.807) is 25.6 Å². The molecule has 0 aliphatic heterocycles. The van der Waals surface area contributed by atoms with E-state index in [-0.39, 0.29) is 5.56 Å². The molecule has 2 aromatic heterocycles. The van der Waals surface area contributed by atoms with Gasteiger partial charge >= 0.3 is 0 Å². The summed E-state index contributed by atoms with van der Waals surface area (Å²) in [4.78, 5) is 16.1. The number of pyridine rings is 2. The van der Waals surface area contributed by atoms with Crippen molar-refractivity contribution in [2.75, 3.05) is 13.0 Å². The minimum atomic E-state index is -0.262. The molecule has 3 rings (SSSR count). The first-order valence-electron chi connectivity index (χ1n) is 6.10. The third-order valence-electron chi connectivity index (χ3n) is 3.23. The molecule has 100 valence electrons. The Balaban J connectivity index is 2.36. The normalized spacial score (nSPS) is 10.7. The van der Waals surface area contributed by atoms with Crippen molar-refractivity contribution < 1.29 is 4.74 Å². The van der Waals surface area contributed by atoms with Crippen LogP contribution >= 0.6 is 0 Å². The Labute approximate surface area is 115 Å². The van der Waals surface area contributed by atoms with E-state index in [0.29, 0.717) is 5.52 Å². The van der Waals surface area contributed by atoms with Crippen LogP contribution in [0.2, 0.25) is 0 Å². The first-order chi connectivity index (χ1) is 9.70. The fraction of sp³-hybridized carbons (Fsp3) is 0.0667. The summed E-state index contributed by atoms with van der Waals surface area (Å²) in [5.74, 6) is 6.51. The molecule has 0 saturated heterocycles. The highest BCUT2D eigenvalue weighted by Crippen LogP contribution is 2.28. The van der Waals surface area contributed by atoms with Crippen molar-refractivity contribution in [2.24, 2.45) is 0 Å². The molecule has 0 fully saturated rings. The Hall–Kier alpha value is -2.82.